The largest absolute Gasteiger partial charge is 0.456 e. The maximum Gasteiger partial charge on any atom is 0.375 e. The van der Waals surface area contributed by atoms with Crippen LogP contribution in [-0.2, 0) is 25.7 Å². The molecule has 1 unspecified atom stereocenters. The van der Waals surface area contributed by atoms with Gasteiger partial charge in [0.15, 0.2) is 0 Å². The number of hydrogen-bond acceptors (Lipinski definition) is 7. The van der Waals surface area contributed by atoms with Crippen molar-refractivity contribution in [1.82, 2.24) is 9.80 Å². The molecule has 1 aromatic rings. The Kier molecular flexibility index (Phi) is 7.54. The number of rotatable bonds is 6. The number of Topliss-reactive ketones (excluding diaryl/α,β-unsaturated/α-hetero) is 1. The zero-order valence-corrected chi connectivity index (χ0v) is 19.5. The summed E-state index contributed by atoms with van der Waals surface area (Å²) < 4.78 is 5.38. The van der Waals surface area contributed by atoms with E-state index >= 15 is 0 Å². The van der Waals surface area contributed by atoms with Crippen LogP contribution in [0.5, 0.6) is 0 Å². The van der Waals surface area contributed by atoms with Gasteiger partial charge in [-0.15, -0.1) is 0 Å². The molecule has 4 N–H and O–H groups in total. The Morgan fingerprint density at radius 1 is 1.15 bits per heavy atom. The summed E-state index contributed by atoms with van der Waals surface area (Å²) in [7, 11) is 0. The highest BCUT2D eigenvalue weighted by Gasteiger charge is 2.39. The van der Waals surface area contributed by atoms with Crippen LogP contribution < -0.4 is 5.73 Å². The number of benzene rings is 1. The van der Waals surface area contributed by atoms with E-state index in [4.69, 9.17) is 15.9 Å². The van der Waals surface area contributed by atoms with Crippen LogP contribution in [0.25, 0.3) is 0 Å². The van der Waals surface area contributed by atoms with Gasteiger partial charge in [0.1, 0.15) is 11.9 Å². The molecule has 2 fully saturated rings. The van der Waals surface area contributed by atoms with Gasteiger partial charge in [-0.1, -0.05) is 45.0 Å². The zero-order chi connectivity index (χ0) is 24.3. The third-order valence-electron chi connectivity index (χ3n) is 6.21. The van der Waals surface area contributed by atoms with Crippen LogP contribution in [0.2, 0.25) is 0 Å². The Bertz CT molecular complexity index is 900. The van der Waals surface area contributed by atoms with E-state index in [1.54, 1.807) is 37.8 Å². The van der Waals surface area contributed by atoms with Gasteiger partial charge in [0, 0.05) is 50.0 Å². The average Bonchev–Trinajstić information content (AvgIpc) is 3.12. The fraction of sp³-hybridized carbons (Fsp3) is 0.583. The summed E-state index contributed by atoms with van der Waals surface area (Å²) in [5.41, 5.74) is 6.33. The molecule has 0 aromatic heterocycles. The number of esters is 1. The number of amides is 1. The fourth-order valence-corrected chi connectivity index (χ4v) is 4.25. The van der Waals surface area contributed by atoms with Gasteiger partial charge >= 0.3 is 5.97 Å². The molecular formula is C24H34N4O5. The fourth-order valence-electron chi connectivity index (χ4n) is 4.25. The number of nitrogens with one attached hydrogen (secondary N) is 1. The lowest BCUT2D eigenvalue weighted by atomic mass is 9.91. The van der Waals surface area contributed by atoms with E-state index in [2.05, 4.69) is 0 Å². The first kappa shape index (κ1) is 24.9. The maximum atomic E-state index is 13.2. The van der Waals surface area contributed by atoms with Crippen molar-refractivity contribution >= 4 is 23.5 Å². The van der Waals surface area contributed by atoms with Crippen molar-refractivity contribution in [3.8, 4) is 0 Å². The molecule has 180 valence electrons. The van der Waals surface area contributed by atoms with E-state index in [0.29, 0.717) is 51.0 Å². The molecule has 2 aliphatic heterocycles. The van der Waals surface area contributed by atoms with Crippen LogP contribution in [0, 0.1) is 10.8 Å². The molecule has 9 nitrogen and oxygen atoms in total. The highest BCUT2D eigenvalue weighted by molar-refractivity contribution is 6.35. The first-order valence-electron chi connectivity index (χ1n) is 11.4. The normalized spacial score (nSPS) is 22.2. The van der Waals surface area contributed by atoms with Gasteiger partial charge in [-0.25, -0.2) is 4.79 Å². The van der Waals surface area contributed by atoms with Crippen molar-refractivity contribution in [2.24, 2.45) is 11.1 Å². The second kappa shape index (κ2) is 10.0. The summed E-state index contributed by atoms with van der Waals surface area (Å²) >= 11 is 0. The van der Waals surface area contributed by atoms with Crippen LogP contribution in [-0.4, -0.2) is 76.3 Å². The Balaban J connectivity index is 1.56. The molecule has 2 atom stereocenters. The molecule has 0 bridgehead atoms. The summed E-state index contributed by atoms with van der Waals surface area (Å²) in [4.78, 5) is 41.1. The van der Waals surface area contributed by atoms with Crippen molar-refractivity contribution in [3.05, 3.63) is 35.4 Å². The van der Waals surface area contributed by atoms with Crippen molar-refractivity contribution in [2.75, 3.05) is 19.6 Å². The topological polar surface area (TPSA) is 137 Å². The lowest BCUT2D eigenvalue weighted by Gasteiger charge is -2.35. The third-order valence-corrected chi connectivity index (χ3v) is 6.21. The number of likely N-dealkylation sites (tertiary alicyclic amines) is 2. The number of piperidine rings is 1. The number of ketones is 1. The van der Waals surface area contributed by atoms with Gasteiger partial charge in [-0.05, 0) is 12.0 Å². The number of nitrogen functional groups attached to an aromatic ring is 1. The molecule has 2 saturated heterocycles. The van der Waals surface area contributed by atoms with Gasteiger partial charge < -0.3 is 20.5 Å². The van der Waals surface area contributed by atoms with Gasteiger partial charge in [-0.3, -0.25) is 19.9 Å². The molecule has 0 aliphatic carbocycles. The van der Waals surface area contributed by atoms with E-state index in [0.717, 1.165) is 5.56 Å². The minimum atomic E-state index is -0.812. The van der Waals surface area contributed by atoms with Gasteiger partial charge in [-0.2, -0.15) is 0 Å². The number of carbonyl (C=O) groups is 3. The van der Waals surface area contributed by atoms with Crippen molar-refractivity contribution in [1.29, 1.82) is 5.41 Å². The molecule has 1 aromatic carbocycles. The van der Waals surface area contributed by atoms with Crippen molar-refractivity contribution in [2.45, 2.75) is 64.8 Å². The SMILES string of the molecule is CC(C)(C)C(=O)C(=O)OC1CCN(C(=O)[C@@H]2CC(O)CN2Cc2ccc(C(=N)N)cc2)CC1. The summed E-state index contributed by atoms with van der Waals surface area (Å²) in [6.45, 7) is 6.83. The molecule has 1 amide bonds. The standard InChI is InChI=1S/C24H34N4O5/c1-24(2,3)20(30)23(32)33-18-8-10-27(11-9-18)22(31)19-12-17(29)14-28(19)13-15-4-6-16(7-5-15)21(25)26/h4-7,17-19,29H,8-14H2,1-3H3,(H3,25,26)/t17?,19-/m0/s1. The average molecular weight is 459 g/mol. The predicted octanol–water partition coefficient (Wildman–Crippen LogP) is 1.06. The molecule has 2 heterocycles. The third kappa shape index (κ3) is 6.17. The van der Waals surface area contributed by atoms with Crippen LogP contribution in [0.15, 0.2) is 24.3 Å². The Hall–Kier alpha value is -2.78. The highest BCUT2D eigenvalue weighted by Crippen LogP contribution is 2.25. The summed E-state index contributed by atoms with van der Waals surface area (Å²) in [5.74, 6) is -1.40. The van der Waals surface area contributed by atoms with E-state index in [9.17, 15) is 19.5 Å². The first-order valence-corrected chi connectivity index (χ1v) is 11.4. The summed E-state index contributed by atoms with van der Waals surface area (Å²) in [6, 6.07) is 6.88. The Morgan fingerprint density at radius 2 is 1.76 bits per heavy atom. The monoisotopic (exact) mass is 458 g/mol. The minimum Gasteiger partial charge on any atom is -0.456 e. The van der Waals surface area contributed by atoms with E-state index in [1.807, 2.05) is 17.0 Å². The number of aliphatic hydroxyl groups excluding tert-OH is 1. The summed E-state index contributed by atoms with van der Waals surface area (Å²) in [5, 5.41) is 17.7. The molecule has 3 rings (SSSR count). The molecule has 2 aliphatic rings. The number of hydrogen-bond donors (Lipinski definition) is 3. The molecule has 0 saturated carbocycles. The Labute approximate surface area is 194 Å². The number of nitrogens with two attached hydrogens (primary N) is 1. The van der Waals surface area contributed by atoms with Crippen molar-refractivity contribution in [3.63, 3.8) is 0 Å². The van der Waals surface area contributed by atoms with Crippen molar-refractivity contribution < 1.29 is 24.2 Å². The lowest BCUT2D eigenvalue weighted by Crippen LogP contribution is -2.49. The van der Waals surface area contributed by atoms with Gasteiger partial charge in [0.2, 0.25) is 11.7 Å². The number of aliphatic hydroxyl groups is 1. The van der Waals surface area contributed by atoms with E-state index in [1.165, 1.54) is 0 Å². The number of amidine groups is 1. The van der Waals surface area contributed by atoms with Gasteiger partial charge in [0.05, 0.1) is 12.1 Å². The smallest absolute Gasteiger partial charge is 0.375 e. The molecule has 33 heavy (non-hydrogen) atoms. The molecule has 0 spiro atoms. The molecular weight excluding hydrogens is 424 g/mol. The number of nitrogens with zero attached hydrogens (tertiary/aromatic N) is 2. The summed E-state index contributed by atoms with van der Waals surface area (Å²) in [6.07, 6.45) is 0.391. The first-order chi connectivity index (χ1) is 15.5. The predicted molar refractivity (Wildman–Crippen MR) is 122 cm³/mol. The lowest BCUT2D eigenvalue weighted by molar-refractivity contribution is -0.163. The molecule has 0 radical (unpaired) electrons. The van der Waals surface area contributed by atoms with Crippen LogP contribution in [0.4, 0.5) is 0 Å². The van der Waals surface area contributed by atoms with E-state index in [-0.39, 0.29) is 17.8 Å². The number of carbonyl (C=O) groups excluding carboxylic acids is 3. The quantitative estimate of drug-likeness (QED) is 0.251. The zero-order valence-electron chi connectivity index (χ0n) is 19.5. The second-order valence-electron chi connectivity index (χ2n) is 9.95. The molecule has 9 heteroatoms. The minimum absolute atomic E-state index is 0.00283. The maximum absolute atomic E-state index is 13.2. The number of ether oxygens (including phenoxy) is 1. The highest BCUT2D eigenvalue weighted by atomic mass is 16.5. The number of β-amino-alcohol motifs (C(OH)–C–C–N with tert-alkyl or cyclic N) is 1. The van der Waals surface area contributed by atoms with Crippen LogP contribution >= 0.6 is 0 Å². The van der Waals surface area contributed by atoms with Crippen LogP contribution in [0.1, 0.15) is 51.2 Å². The Morgan fingerprint density at radius 3 is 2.30 bits per heavy atom. The van der Waals surface area contributed by atoms with E-state index < -0.39 is 29.3 Å². The second-order valence-corrected chi connectivity index (χ2v) is 9.95. The van der Waals surface area contributed by atoms with Crippen LogP contribution in [0.3, 0.4) is 0 Å². The van der Waals surface area contributed by atoms with Gasteiger partial charge in [0.25, 0.3) is 0 Å².